The molecule has 5 aromatic carbocycles. The molecule has 0 aliphatic heterocycles. The van der Waals surface area contributed by atoms with Crippen LogP contribution >= 0.6 is 0 Å². The van der Waals surface area contributed by atoms with Crippen LogP contribution in [0.25, 0.3) is 0 Å². The van der Waals surface area contributed by atoms with Gasteiger partial charge in [-0.1, -0.05) is 185 Å². The first-order chi connectivity index (χ1) is 49.8. The van der Waals surface area contributed by atoms with Gasteiger partial charge in [0, 0.05) is 125 Å². The molecule has 106 heavy (non-hydrogen) atoms. The third-order valence-corrected chi connectivity index (χ3v) is 20.5. The number of benzene rings is 5. The van der Waals surface area contributed by atoms with E-state index < -0.39 is 0 Å². The number of nitrogens with zero attached hydrogens (tertiary/aromatic N) is 5. The van der Waals surface area contributed by atoms with Gasteiger partial charge in [-0.15, -0.1) is 0 Å². The molecule has 0 N–H and O–H groups in total. The topological polar surface area (TPSA) is 118 Å². The van der Waals surface area contributed by atoms with Crippen LogP contribution in [0.4, 0.5) is 0 Å². The number of Topliss-reactive ketones (excluding diaryl/α,β-unsaturated/α-hetero) is 5. The predicted molar refractivity (Wildman–Crippen MR) is 444 cm³/mol. The fourth-order valence-electron chi connectivity index (χ4n) is 14.8. The number of hydrogen-bond donors (Lipinski definition) is 0. The first-order valence-electron chi connectivity index (χ1n) is 38.7. The van der Waals surface area contributed by atoms with Gasteiger partial charge in [0.1, 0.15) is 0 Å². The minimum Gasteiger partial charge on any atom is -0.356 e. The standard InChI is InChI=1S/2C20H27NO.C19H25NO.C19H24O.C18H24N2O/c2*1-13(2)10-17-8-7-9-18(15(17)4)11-19(22)20-14(3)12-21(6)16(20)5;1-13(2)9-16-7-6-8-17(15(16)4)10-19(21)18-12-20(5)11-14(18)3;1-13(2)8-16-6-5-7-17(11-16)12-19(20)18-10-14(3)9-15(18)4;1-12(2)9-15-7-6-8-16(13(15)3)10-18(21)17-11-20(5)19-14(17)4/h2*7-9,12-13H,10-11H2,1-6H3;6-8,11-13H,9-10H2,1-5H3;5-7,9-11,13-14H,8,12H2,1-4H3;6-8,11-12H,9-10H2,1-5H3. The molecule has 1 aliphatic carbocycles. The van der Waals surface area contributed by atoms with E-state index in [4.69, 9.17) is 0 Å². The maximum atomic E-state index is 12.7. The lowest BCUT2D eigenvalue weighted by Crippen LogP contribution is -2.09. The third kappa shape index (κ3) is 24.5. The first-order valence-corrected chi connectivity index (χ1v) is 38.7. The second-order valence-electron chi connectivity index (χ2n) is 32.5. The Balaban J connectivity index is 0.000000208. The summed E-state index contributed by atoms with van der Waals surface area (Å²) in [5.41, 5.74) is 29.0. The zero-order valence-corrected chi connectivity index (χ0v) is 69.6. The smallest absolute Gasteiger partial charge is 0.170 e. The van der Waals surface area contributed by atoms with Crippen molar-refractivity contribution in [1.29, 1.82) is 0 Å². The number of carbonyl (C=O) groups is 5. The monoisotopic (exact) mass is 1430 g/mol. The van der Waals surface area contributed by atoms with E-state index in [9.17, 15) is 24.0 Å². The first kappa shape index (κ1) is 85.9. The van der Waals surface area contributed by atoms with Crippen LogP contribution in [0.3, 0.4) is 0 Å². The maximum absolute atomic E-state index is 12.7. The number of aromatic nitrogens is 5. The molecular formula is C96H127N5O5. The number of aryl methyl sites for hydroxylation is 8. The highest BCUT2D eigenvalue weighted by molar-refractivity contribution is 6.02. The predicted octanol–water partition coefficient (Wildman–Crippen LogP) is 21.6. The molecule has 0 saturated heterocycles. The van der Waals surface area contributed by atoms with E-state index >= 15 is 0 Å². The fourth-order valence-corrected chi connectivity index (χ4v) is 14.8. The largest absolute Gasteiger partial charge is 0.356 e. The van der Waals surface area contributed by atoms with Gasteiger partial charge in [0.25, 0.3) is 0 Å². The minimum atomic E-state index is 0.144. The van der Waals surface area contributed by atoms with Crippen molar-refractivity contribution >= 4 is 28.9 Å². The summed E-state index contributed by atoms with van der Waals surface area (Å²) in [6, 6.07) is 33.8. The Kier molecular flexibility index (Phi) is 32.0. The summed E-state index contributed by atoms with van der Waals surface area (Å²) in [5, 5.41) is 4.25. The van der Waals surface area contributed by atoms with Gasteiger partial charge in [-0.05, 0) is 244 Å². The molecule has 0 radical (unpaired) electrons. The highest BCUT2D eigenvalue weighted by atomic mass is 16.1. The number of allylic oxidation sites excluding steroid dienone is 4. The van der Waals surface area contributed by atoms with Crippen LogP contribution in [0.1, 0.15) is 236 Å². The number of carbonyl (C=O) groups excluding carboxylic acids is 5. The number of hydrogen-bond acceptors (Lipinski definition) is 6. The maximum Gasteiger partial charge on any atom is 0.170 e. The second kappa shape index (κ2) is 39.5. The van der Waals surface area contributed by atoms with E-state index in [0.29, 0.717) is 67.6 Å². The molecule has 4 aromatic heterocycles. The lowest BCUT2D eigenvalue weighted by molar-refractivity contribution is -0.114. The van der Waals surface area contributed by atoms with Gasteiger partial charge in [-0.2, -0.15) is 5.10 Å². The zero-order chi connectivity index (χ0) is 78.7. The molecule has 1 unspecified atom stereocenters. The minimum absolute atomic E-state index is 0.144. The summed E-state index contributed by atoms with van der Waals surface area (Å²) in [4.78, 5) is 62.9. The van der Waals surface area contributed by atoms with Crippen molar-refractivity contribution < 1.29 is 24.0 Å². The van der Waals surface area contributed by atoms with Crippen molar-refractivity contribution in [3.05, 3.63) is 285 Å². The number of rotatable bonds is 25. The fraction of sp³-hybridized carbons (Fsp3) is 0.438. The lowest BCUT2D eigenvalue weighted by atomic mass is 9.92. The van der Waals surface area contributed by atoms with Gasteiger partial charge < -0.3 is 13.7 Å². The summed E-state index contributed by atoms with van der Waals surface area (Å²) >= 11 is 0. The lowest BCUT2D eigenvalue weighted by Gasteiger charge is -2.13. The molecule has 10 nitrogen and oxygen atoms in total. The Morgan fingerprint density at radius 1 is 0.368 bits per heavy atom. The molecule has 10 rings (SSSR count). The molecule has 10 heteroatoms. The SMILES string of the molecule is CC1=CC(C)C=C1C(=O)Cc1cccc(CC(C)C)c1.Cc1cn(C)c(C)c1C(=O)Cc1cccc(CC(C)C)c1C.Cc1cn(C)c(C)c1C(=O)Cc1cccc(CC(C)C)c1C.Cc1cn(C)cc1C(=O)Cc1cccc(CC(C)C)c1C.Cc1nn(C)cc1C(=O)Cc1cccc(CC(C)C)c1C. The van der Waals surface area contributed by atoms with Crippen molar-refractivity contribution in [2.24, 2.45) is 63.7 Å². The Labute approximate surface area is 638 Å². The summed E-state index contributed by atoms with van der Waals surface area (Å²) in [5.74, 6) is 4.58. The van der Waals surface area contributed by atoms with E-state index in [0.717, 1.165) is 127 Å². The molecule has 4 heterocycles. The Morgan fingerprint density at radius 3 is 1.03 bits per heavy atom. The summed E-state index contributed by atoms with van der Waals surface area (Å²) < 4.78 is 7.71. The summed E-state index contributed by atoms with van der Waals surface area (Å²) in [6.07, 6.45) is 21.8. The van der Waals surface area contributed by atoms with Gasteiger partial charge in [-0.3, -0.25) is 28.7 Å². The molecule has 0 spiro atoms. The Bertz CT molecular complexity index is 4350. The van der Waals surface area contributed by atoms with E-state index in [1.807, 2.05) is 121 Å². The van der Waals surface area contributed by atoms with Crippen LogP contribution in [-0.2, 0) is 97.2 Å². The van der Waals surface area contributed by atoms with Gasteiger partial charge in [0.05, 0.1) is 11.3 Å². The highest BCUT2D eigenvalue weighted by Gasteiger charge is 2.23. The highest BCUT2D eigenvalue weighted by Crippen LogP contribution is 2.29. The van der Waals surface area contributed by atoms with Gasteiger partial charge in [-0.25, -0.2) is 0 Å². The average Bonchev–Trinajstić information content (AvgIpc) is 1.66. The van der Waals surface area contributed by atoms with Crippen molar-refractivity contribution in [1.82, 2.24) is 23.5 Å². The average molecular weight is 1430 g/mol. The van der Waals surface area contributed by atoms with Crippen molar-refractivity contribution in [2.75, 3.05) is 0 Å². The molecule has 9 aromatic rings. The van der Waals surface area contributed by atoms with E-state index in [-0.39, 0.29) is 28.9 Å². The van der Waals surface area contributed by atoms with Crippen LogP contribution in [-0.4, -0.2) is 52.4 Å². The molecule has 0 amide bonds. The molecule has 566 valence electrons. The normalized spacial score (nSPS) is 12.5. The van der Waals surface area contributed by atoms with Crippen LogP contribution in [0, 0.1) is 105 Å². The van der Waals surface area contributed by atoms with Crippen LogP contribution < -0.4 is 0 Å². The Hall–Kier alpha value is -9.02. The van der Waals surface area contributed by atoms with Crippen molar-refractivity contribution in [3.8, 4) is 0 Å². The second-order valence-corrected chi connectivity index (χ2v) is 32.5. The van der Waals surface area contributed by atoms with Crippen molar-refractivity contribution in [2.45, 2.75) is 217 Å². The molecule has 1 atom stereocenters. The number of ketones is 5. The third-order valence-electron chi connectivity index (χ3n) is 20.5. The molecule has 0 fully saturated rings. The van der Waals surface area contributed by atoms with E-state index in [2.05, 4.69) is 218 Å². The summed E-state index contributed by atoms with van der Waals surface area (Å²) in [7, 11) is 7.79. The molecule has 0 saturated carbocycles. The van der Waals surface area contributed by atoms with Crippen LogP contribution in [0.15, 0.2) is 151 Å². The van der Waals surface area contributed by atoms with E-state index in [1.54, 1.807) is 4.68 Å². The Morgan fingerprint density at radius 2 is 0.717 bits per heavy atom. The van der Waals surface area contributed by atoms with Gasteiger partial charge in [0.15, 0.2) is 28.9 Å². The molecule has 1 aliphatic rings. The van der Waals surface area contributed by atoms with Crippen LogP contribution in [0.5, 0.6) is 0 Å². The van der Waals surface area contributed by atoms with E-state index in [1.165, 1.54) is 50.1 Å². The summed E-state index contributed by atoms with van der Waals surface area (Å²) in [6.45, 7) is 46.9. The quantitative estimate of drug-likeness (QED) is 0.0526. The van der Waals surface area contributed by atoms with Crippen molar-refractivity contribution in [3.63, 3.8) is 0 Å². The zero-order valence-electron chi connectivity index (χ0n) is 69.6. The van der Waals surface area contributed by atoms with Gasteiger partial charge in [0.2, 0.25) is 0 Å². The molecular weight excluding hydrogens is 1300 g/mol. The van der Waals surface area contributed by atoms with Crippen LogP contribution in [0.2, 0.25) is 0 Å². The van der Waals surface area contributed by atoms with Gasteiger partial charge >= 0.3 is 0 Å². The molecule has 0 bridgehead atoms.